The van der Waals surface area contributed by atoms with Crippen molar-refractivity contribution in [2.45, 2.75) is 37.6 Å². The summed E-state index contributed by atoms with van der Waals surface area (Å²) in [5.74, 6) is 1.84. The van der Waals surface area contributed by atoms with Gasteiger partial charge in [0.05, 0.1) is 0 Å². The molecule has 3 rings (SSSR count). The van der Waals surface area contributed by atoms with E-state index in [0.29, 0.717) is 18.4 Å². The molecule has 1 N–H and O–H groups in total. The maximum atomic E-state index is 11.4. The summed E-state index contributed by atoms with van der Waals surface area (Å²) in [5, 5.41) is 4.29. The van der Waals surface area contributed by atoms with Crippen molar-refractivity contribution in [3.8, 4) is 0 Å². The minimum absolute atomic E-state index is 0.235. The molecule has 1 saturated carbocycles. The Kier molecular flexibility index (Phi) is 2.74. The van der Waals surface area contributed by atoms with E-state index in [2.05, 4.69) is 14.7 Å². The summed E-state index contributed by atoms with van der Waals surface area (Å²) in [6.45, 7) is 0.761. The Balaban J connectivity index is 1.60. The van der Waals surface area contributed by atoms with Crippen LogP contribution in [0.2, 0.25) is 0 Å². The SMILES string of the molecule is CN1C[C@H](Nc2nc(C3CC3)ns2)CCC1=O. The third kappa shape index (κ3) is 2.41. The van der Waals surface area contributed by atoms with Crippen molar-refractivity contribution in [2.24, 2.45) is 0 Å². The van der Waals surface area contributed by atoms with Gasteiger partial charge in [-0.1, -0.05) is 0 Å². The van der Waals surface area contributed by atoms with Crippen LogP contribution in [0.5, 0.6) is 0 Å². The number of hydrogen-bond acceptors (Lipinski definition) is 5. The highest BCUT2D eigenvalue weighted by atomic mass is 32.1. The van der Waals surface area contributed by atoms with Crippen LogP contribution in [0.25, 0.3) is 0 Å². The van der Waals surface area contributed by atoms with Gasteiger partial charge >= 0.3 is 0 Å². The first-order valence-electron chi connectivity index (χ1n) is 6.06. The van der Waals surface area contributed by atoms with Gasteiger partial charge in [-0.15, -0.1) is 0 Å². The van der Waals surface area contributed by atoms with Crippen LogP contribution in [0.3, 0.4) is 0 Å². The molecular formula is C11H16N4OS. The van der Waals surface area contributed by atoms with Gasteiger partial charge in [-0.3, -0.25) is 4.79 Å². The molecule has 1 saturated heterocycles. The number of piperidine rings is 1. The third-order valence-corrected chi connectivity index (χ3v) is 4.00. The van der Waals surface area contributed by atoms with Crippen molar-refractivity contribution in [1.82, 2.24) is 14.3 Å². The predicted molar refractivity (Wildman–Crippen MR) is 66.2 cm³/mol. The highest BCUT2D eigenvalue weighted by Gasteiger charge is 2.28. The molecule has 17 heavy (non-hydrogen) atoms. The minimum atomic E-state index is 0.235. The van der Waals surface area contributed by atoms with Crippen molar-refractivity contribution < 1.29 is 4.79 Å². The normalized spacial score (nSPS) is 25.1. The van der Waals surface area contributed by atoms with E-state index in [9.17, 15) is 4.79 Å². The van der Waals surface area contributed by atoms with Crippen LogP contribution in [0.15, 0.2) is 0 Å². The average Bonchev–Trinajstić information content (AvgIpc) is 3.06. The van der Waals surface area contributed by atoms with Crippen molar-refractivity contribution in [2.75, 3.05) is 18.9 Å². The highest BCUT2D eigenvalue weighted by molar-refractivity contribution is 7.09. The van der Waals surface area contributed by atoms with Gasteiger partial charge in [0.15, 0.2) is 0 Å². The molecule has 0 unspecified atom stereocenters. The van der Waals surface area contributed by atoms with Gasteiger partial charge in [0.2, 0.25) is 11.0 Å². The van der Waals surface area contributed by atoms with Crippen molar-refractivity contribution in [3.63, 3.8) is 0 Å². The quantitative estimate of drug-likeness (QED) is 0.884. The van der Waals surface area contributed by atoms with Crippen LogP contribution in [-0.4, -0.2) is 39.8 Å². The van der Waals surface area contributed by atoms with Crippen LogP contribution < -0.4 is 5.32 Å². The van der Waals surface area contributed by atoms with E-state index in [-0.39, 0.29) is 5.91 Å². The molecule has 0 aromatic carbocycles. The van der Waals surface area contributed by atoms with Crippen LogP contribution in [0.4, 0.5) is 5.13 Å². The standard InChI is InChI=1S/C11H16N4OS/c1-15-6-8(4-5-9(15)16)12-11-13-10(14-17-11)7-2-3-7/h7-8H,2-6H2,1H3,(H,12,13,14)/t8-/m1/s1. The zero-order valence-corrected chi connectivity index (χ0v) is 10.7. The lowest BCUT2D eigenvalue weighted by atomic mass is 10.1. The number of nitrogens with zero attached hydrogens (tertiary/aromatic N) is 3. The average molecular weight is 252 g/mol. The first-order valence-corrected chi connectivity index (χ1v) is 6.84. The molecule has 1 aliphatic carbocycles. The Hall–Kier alpha value is -1.17. The van der Waals surface area contributed by atoms with Gasteiger partial charge < -0.3 is 10.2 Å². The number of hydrogen-bond donors (Lipinski definition) is 1. The van der Waals surface area contributed by atoms with E-state index >= 15 is 0 Å². The number of aromatic nitrogens is 2. The molecule has 0 bridgehead atoms. The van der Waals surface area contributed by atoms with E-state index < -0.39 is 0 Å². The molecule has 1 amide bonds. The van der Waals surface area contributed by atoms with Crippen LogP contribution in [0, 0.1) is 0 Å². The Morgan fingerprint density at radius 2 is 2.24 bits per heavy atom. The fraction of sp³-hybridized carbons (Fsp3) is 0.727. The molecular weight excluding hydrogens is 236 g/mol. The maximum Gasteiger partial charge on any atom is 0.222 e. The van der Waals surface area contributed by atoms with Gasteiger partial charge in [0, 0.05) is 43.5 Å². The largest absolute Gasteiger partial charge is 0.356 e. The summed E-state index contributed by atoms with van der Waals surface area (Å²) < 4.78 is 4.37. The smallest absolute Gasteiger partial charge is 0.222 e. The summed E-state index contributed by atoms with van der Waals surface area (Å²) in [7, 11) is 1.85. The van der Waals surface area contributed by atoms with Gasteiger partial charge in [-0.2, -0.15) is 4.37 Å². The fourth-order valence-corrected chi connectivity index (χ4v) is 2.83. The number of likely N-dealkylation sites (N-methyl/N-ethyl adjacent to an activating group) is 1. The second-order valence-electron chi connectivity index (χ2n) is 4.89. The lowest BCUT2D eigenvalue weighted by Crippen LogP contribution is -2.43. The monoisotopic (exact) mass is 252 g/mol. The number of carbonyl (C=O) groups excluding carboxylic acids is 1. The summed E-state index contributed by atoms with van der Waals surface area (Å²) >= 11 is 1.44. The molecule has 1 aliphatic heterocycles. The van der Waals surface area contributed by atoms with E-state index in [1.54, 1.807) is 4.90 Å². The first kappa shape index (κ1) is 11.0. The van der Waals surface area contributed by atoms with Crippen molar-refractivity contribution in [3.05, 3.63) is 5.82 Å². The summed E-state index contributed by atoms with van der Waals surface area (Å²) in [5.41, 5.74) is 0. The highest BCUT2D eigenvalue weighted by Crippen LogP contribution is 2.39. The van der Waals surface area contributed by atoms with Crippen LogP contribution in [0.1, 0.15) is 37.4 Å². The minimum Gasteiger partial charge on any atom is -0.356 e. The Labute approximate surface area is 104 Å². The zero-order valence-electron chi connectivity index (χ0n) is 9.85. The molecule has 92 valence electrons. The van der Waals surface area contributed by atoms with Crippen LogP contribution >= 0.6 is 11.5 Å². The molecule has 1 atom stereocenters. The molecule has 6 heteroatoms. The van der Waals surface area contributed by atoms with E-state index in [4.69, 9.17) is 0 Å². The van der Waals surface area contributed by atoms with Crippen molar-refractivity contribution >= 4 is 22.6 Å². The maximum absolute atomic E-state index is 11.4. The predicted octanol–water partition coefficient (Wildman–Crippen LogP) is 1.45. The molecule has 2 fully saturated rings. The third-order valence-electron chi connectivity index (χ3n) is 3.34. The van der Waals surface area contributed by atoms with Gasteiger partial charge in [-0.25, -0.2) is 4.98 Å². The molecule has 2 heterocycles. The van der Waals surface area contributed by atoms with E-state index in [1.165, 1.54) is 24.4 Å². The fourth-order valence-electron chi connectivity index (χ4n) is 2.11. The number of rotatable bonds is 3. The Morgan fingerprint density at radius 3 is 2.94 bits per heavy atom. The number of carbonyl (C=O) groups is 1. The van der Waals surface area contributed by atoms with E-state index in [1.807, 2.05) is 7.05 Å². The Morgan fingerprint density at radius 1 is 1.41 bits per heavy atom. The van der Waals surface area contributed by atoms with Gasteiger partial charge in [0.25, 0.3) is 0 Å². The first-order chi connectivity index (χ1) is 8.22. The number of likely N-dealkylation sites (tertiary alicyclic amines) is 1. The molecule has 1 aromatic heterocycles. The lowest BCUT2D eigenvalue weighted by Gasteiger charge is -2.29. The molecule has 1 aromatic rings. The molecule has 2 aliphatic rings. The molecule has 5 nitrogen and oxygen atoms in total. The number of anilines is 1. The Bertz CT molecular complexity index is 429. The molecule has 0 spiro atoms. The summed E-state index contributed by atoms with van der Waals surface area (Å²) in [4.78, 5) is 17.7. The summed E-state index contributed by atoms with van der Waals surface area (Å²) in [6.07, 6.45) is 3.98. The topological polar surface area (TPSA) is 58.1 Å². The van der Waals surface area contributed by atoms with Gasteiger partial charge in [0.1, 0.15) is 5.82 Å². The van der Waals surface area contributed by atoms with Crippen LogP contribution in [-0.2, 0) is 4.79 Å². The second-order valence-corrected chi connectivity index (χ2v) is 5.64. The second kappa shape index (κ2) is 4.25. The van der Waals surface area contributed by atoms with Crippen molar-refractivity contribution in [1.29, 1.82) is 0 Å². The number of amides is 1. The zero-order chi connectivity index (χ0) is 11.8. The van der Waals surface area contributed by atoms with E-state index in [0.717, 1.165) is 23.9 Å². The lowest BCUT2D eigenvalue weighted by molar-refractivity contribution is -0.132. The number of nitrogens with one attached hydrogen (secondary N) is 1. The molecule has 0 radical (unpaired) electrons. The summed E-state index contributed by atoms with van der Waals surface area (Å²) in [6, 6.07) is 0.317. The van der Waals surface area contributed by atoms with Gasteiger partial charge in [-0.05, 0) is 19.3 Å².